The van der Waals surface area contributed by atoms with Crippen LogP contribution in [0.15, 0.2) is 24.3 Å². The summed E-state index contributed by atoms with van der Waals surface area (Å²) in [5, 5.41) is 4.76. The first-order chi connectivity index (χ1) is 8.83. The quantitative estimate of drug-likeness (QED) is 0.874. The molecular weight excluding hydrogens is 266 g/mol. The zero-order valence-electron chi connectivity index (χ0n) is 9.90. The molecule has 1 aliphatic heterocycles. The Bertz CT molecular complexity index is 555. The molecule has 1 unspecified atom stereocenters. The van der Waals surface area contributed by atoms with E-state index in [2.05, 4.69) is 15.3 Å². The fourth-order valence-electron chi connectivity index (χ4n) is 2.17. The first-order valence-electron chi connectivity index (χ1n) is 6.07. The molecule has 3 rings (SSSR count). The summed E-state index contributed by atoms with van der Waals surface area (Å²) in [6.07, 6.45) is 1.29. The number of hydrogen-bond acceptors (Lipinski definition) is 4. The maximum Gasteiger partial charge on any atom is 0.224 e. The van der Waals surface area contributed by atoms with Crippen LogP contribution in [0.1, 0.15) is 6.42 Å². The molecule has 0 bridgehead atoms. The Morgan fingerprint density at radius 3 is 3.06 bits per heavy atom. The van der Waals surface area contributed by atoms with Gasteiger partial charge >= 0.3 is 0 Å². The van der Waals surface area contributed by atoms with Crippen LogP contribution in [-0.4, -0.2) is 28.0 Å². The van der Waals surface area contributed by atoms with Crippen molar-refractivity contribution in [3.63, 3.8) is 0 Å². The Morgan fingerprint density at radius 1 is 1.33 bits per heavy atom. The third-order valence-corrected chi connectivity index (χ3v) is 4.56. The average molecular weight is 280 g/mol. The number of rotatable bonds is 3. The molecule has 3 nitrogen and oxygen atoms in total. The third-order valence-electron chi connectivity index (χ3n) is 3.16. The summed E-state index contributed by atoms with van der Waals surface area (Å²) >= 11 is 7.98. The molecule has 1 aliphatic rings. The van der Waals surface area contributed by atoms with Crippen molar-refractivity contribution in [2.75, 3.05) is 23.4 Å². The Labute approximate surface area is 115 Å². The van der Waals surface area contributed by atoms with Gasteiger partial charge in [-0.25, -0.2) is 9.97 Å². The number of benzene rings is 1. The van der Waals surface area contributed by atoms with E-state index in [0.717, 1.165) is 29.2 Å². The molecule has 2 heterocycles. The number of para-hydroxylation sites is 1. The van der Waals surface area contributed by atoms with Crippen LogP contribution < -0.4 is 5.32 Å². The molecule has 0 radical (unpaired) electrons. The summed E-state index contributed by atoms with van der Waals surface area (Å²) in [6, 6.07) is 7.94. The maximum atomic E-state index is 5.95. The van der Waals surface area contributed by atoms with Crippen LogP contribution in [0.5, 0.6) is 0 Å². The Kier molecular flexibility index (Phi) is 3.57. The summed E-state index contributed by atoms with van der Waals surface area (Å²) < 4.78 is 0. The molecule has 1 saturated heterocycles. The van der Waals surface area contributed by atoms with Gasteiger partial charge in [-0.3, -0.25) is 0 Å². The summed E-state index contributed by atoms with van der Waals surface area (Å²) in [4.78, 5) is 8.52. The van der Waals surface area contributed by atoms with Gasteiger partial charge in [0.05, 0.1) is 5.52 Å². The Balaban J connectivity index is 1.85. The van der Waals surface area contributed by atoms with Crippen molar-refractivity contribution in [2.24, 2.45) is 5.92 Å². The van der Waals surface area contributed by atoms with E-state index in [-0.39, 0.29) is 0 Å². The second kappa shape index (κ2) is 5.33. The van der Waals surface area contributed by atoms with Gasteiger partial charge < -0.3 is 5.32 Å². The van der Waals surface area contributed by atoms with Crippen LogP contribution in [0.3, 0.4) is 0 Å². The standard InChI is InChI=1S/C13H14ClN3S/c14-13-16-11-4-2-1-3-10(11)12(17-13)15-7-9-5-6-18-8-9/h1-4,9H,5-8H2,(H,15,16,17). The van der Waals surface area contributed by atoms with Crippen molar-refractivity contribution >= 4 is 40.1 Å². The minimum atomic E-state index is 0.303. The minimum Gasteiger partial charge on any atom is -0.369 e. The average Bonchev–Trinajstić information content (AvgIpc) is 2.89. The van der Waals surface area contributed by atoms with Gasteiger partial charge in [0.1, 0.15) is 5.82 Å². The topological polar surface area (TPSA) is 37.8 Å². The third kappa shape index (κ3) is 2.54. The van der Waals surface area contributed by atoms with Gasteiger partial charge in [0.2, 0.25) is 5.28 Å². The van der Waals surface area contributed by atoms with Crippen molar-refractivity contribution < 1.29 is 0 Å². The van der Waals surface area contributed by atoms with Crippen molar-refractivity contribution in [2.45, 2.75) is 6.42 Å². The number of nitrogens with one attached hydrogen (secondary N) is 1. The van der Waals surface area contributed by atoms with Crippen LogP contribution >= 0.6 is 23.4 Å². The Hall–Kier alpha value is -1.00. The van der Waals surface area contributed by atoms with E-state index >= 15 is 0 Å². The second-order valence-electron chi connectivity index (χ2n) is 4.47. The van der Waals surface area contributed by atoms with E-state index in [4.69, 9.17) is 11.6 Å². The highest BCUT2D eigenvalue weighted by Crippen LogP contribution is 2.26. The van der Waals surface area contributed by atoms with E-state index in [9.17, 15) is 0 Å². The molecular formula is C13H14ClN3S. The molecule has 5 heteroatoms. The highest BCUT2D eigenvalue weighted by molar-refractivity contribution is 7.99. The number of hydrogen-bond donors (Lipinski definition) is 1. The molecule has 1 fully saturated rings. The lowest BCUT2D eigenvalue weighted by Crippen LogP contribution is -2.14. The summed E-state index contributed by atoms with van der Waals surface area (Å²) in [7, 11) is 0. The number of halogens is 1. The lowest BCUT2D eigenvalue weighted by Gasteiger charge is -2.12. The van der Waals surface area contributed by atoms with Crippen molar-refractivity contribution in [3.05, 3.63) is 29.5 Å². The molecule has 0 saturated carbocycles. The first kappa shape index (κ1) is 12.1. The predicted molar refractivity (Wildman–Crippen MR) is 78.5 cm³/mol. The van der Waals surface area contributed by atoms with Crippen molar-refractivity contribution in [1.82, 2.24) is 9.97 Å². The largest absolute Gasteiger partial charge is 0.369 e. The zero-order valence-corrected chi connectivity index (χ0v) is 11.5. The zero-order chi connectivity index (χ0) is 12.4. The lowest BCUT2D eigenvalue weighted by molar-refractivity contribution is 0.631. The molecule has 0 amide bonds. The number of thioether (sulfide) groups is 1. The predicted octanol–water partition coefficient (Wildman–Crippen LogP) is 3.45. The number of aromatic nitrogens is 2. The van der Waals surface area contributed by atoms with Gasteiger partial charge in [-0.05, 0) is 47.6 Å². The molecule has 0 aliphatic carbocycles. The van der Waals surface area contributed by atoms with Gasteiger partial charge in [0.15, 0.2) is 0 Å². The van der Waals surface area contributed by atoms with E-state index in [1.807, 2.05) is 36.0 Å². The number of anilines is 1. The lowest BCUT2D eigenvalue weighted by atomic mass is 10.1. The number of fused-ring (bicyclic) bond motifs is 1. The molecule has 1 aromatic carbocycles. The molecule has 1 atom stereocenters. The smallest absolute Gasteiger partial charge is 0.224 e. The van der Waals surface area contributed by atoms with E-state index in [0.29, 0.717) is 5.28 Å². The van der Waals surface area contributed by atoms with E-state index in [1.165, 1.54) is 17.9 Å². The molecule has 94 valence electrons. The molecule has 1 aromatic heterocycles. The van der Waals surface area contributed by atoms with Gasteiger partial charge in [-0.2, -0.15) is 11.8 Å². The van der Waals surface area contributed by atoms with Crippen LogP contribution in [0.4, 0.5) is 5.82 Å². The highest BCUT2D eigenvalue weighted by Gasteiger charge is 2.16. The van der Waals surface area contributed by atoms with E-state index in [1.54, 1.807) is 0 Å². The van der Waals surface area contributed by atoms with Crippen LogP contribution in [0, 0.1) is 5.92 Å². The maximum absolute atomic E-state index is 5.95. The second-order valence-corrected chi connectivity index (χ2v) is 5.96. The van der Waals surface area contributed by atoms with Crippen molar-refractivity contribution in [3.8, 4) is 0 Å². The molecule has 1 N–H and O–H groups in total. The highest BCUT2D eigenvalue weighted by atomic mass is 35.5. The van der Waals surface area contributed by atoms with Crippen LogP contribution in [0.25, 0.3) is 10.9 Å². The first-order valence-corrected chi connectivity index (χ1v) is 7.60. The summed E-state index contributed by atoms with van der Waals surface area (Å²) in [5.74, 6) is 4.10. The fraction of sp³-hybridized carbons (Fsp3) is 0.385. The molecule has 2 aromatic rings. The van der Waals surface area contributed by atoms with Crippen LogP contribution in [-0.2, 0) is 0 Å². The summed E-state index contributed by atoms with van der Waals surface area (Å²) in [5.41, 5.74) is 0.890. The molecule has 18 heavy (non-hydrogen) atoms. The fourth-order valence-corrected chi connectivity index (χ4v) is 3.63. The van der Waals surface area contributed by atoms with Gasteiger partial charge in [0.25, 0.3) is 0 Å². The van der Waals surface area contributed by atoms with Crippen molar-refractivity contribution in [1.29, 1.82) is 0 Å². The van der Waals surface area contributed by atoms with E-state index < -0.39 is 0 Å². The molecule has 0 spiro atoms. The SMILES string of the molecule is Clc1nc(NCC2CCSC2)c2ccccc2n1. The van der Waals surface area contributed by atoms with Gasteiger partial charge in [0, 0.05) is 11.9 Å². The normalized spacial score (nSPS) is 19.3. The summed E-state index contributed by atoms with van der Waals surface area (Å²) in [6.45, 7) is 0.963. The van der Waals surface area contributed by atoms with Crippen LogP contribution in [0.2, 0.25) is 5.28 Å². The Morgan fingerprint density at radius 2 is 2.22 bits per heavy atom. The monoisotopic (exact) mass is 279 g/mol. The van der Waals surface area contributed by atoms with Gasteiger partial charge in [-0.1, -0.05) is 12.1 Å². The van der Waals surface area contributed by atoms with Gasteiger partial charge in [-0.15, -0.1) is 0 Å². The number of nitrogens with zero attached hydrogens (tertiary/aromatic N) is 2. The minimum absolute atomic E-state index is 0.303.